The van der Waals surface area contributed by atoms with Gasteiger partial charge in [-0.3, -0.25) is 19.3 Å². The molecule has 33 heavy (non-hydrogen) atoms. The van der Waals surface area contributed by atoms with Crippen LogP contribution >= 0.6 is 0 Å². The van der Waals surface area contributed by atoms with Crippen LogP contribution in [0.1, 0.15) is 32.3 Å². The van der Waals surface area contributed by atoms with Gasteiger partial charge >= 0.3 is 0 Å². The number of likely N-dealkylation sites (N-methyl/N-ethyl adjacent to an activating group) is 1. The van der Waals surface area contributed by atoms with Crippen LogP contribution < -0.4 is 10.6 Å². The first-order chi connectivity index (χ1) is 15.9. The quantitative estimate of drug-likeness (QED) is 0.646. The van der Waals surface area contributed by atoms with E-state index in [9.17, 15) is 14.4 Å². The average molecular weight is 451 g/mol. The van der Waals surface area contributed by atoms with E-state index in [4.69, 9.17) is 0 Å². The highest BCUT2D eigenvalue weighted by molar-refractivity contribution is 5.95. The SMILES string of the molecule is CCc1ccccc1NC(=O)CN(C)C(=O)C(C)N1CCC(C(=O)Nc2ccccc2)CC1. The lowest BCUT2D eigenvalue weighted by atomic mass is 9.94. The maximum absolute atomic E-state index is 12.9. The molecule has 3 amide bonds. The largest absolute Gasteiger partial charge is 0.335 e. The number of nitrogens with zero attached hydrogens (tertiary/aromatic N) is 2. The van der Waals surface area contributed by atoms with Gasteiger partial charge in [-0.05, 0) is 63.0 Å². The Hall–Kier alpha value is -3.19. The molecule has 0 aliphatic carbocycles. The Kier molecular flexibility index (Phi) is 8.60. The summed E-state index contributed by atoms with van der Waals surface area (Å²) in [5.41, 5.74) is 2.65. The number of rotatable bonds is 8. The second-order valence-corrected chi connectivity index (χ2v) is 8.59. The zero-order chi connectivity index (χ0) is 23.8. The molecule has 1 aliphatic heterocycles. The number of aryl methyl sites for hydroxylation is 1. The van der Waals surface area contributed by atoms with Gasteiger partial charge in [-0.25, -0.2) is 0 Å². The van der Waals surface area contributed by atoms with Crippen molar-refractivity contribution in [3.63, 3.8) is 0 Å². The van der Waals surface area contributed by atoms with Gasteiger partial charge in [0, 0.05) is 24.3 Å². The van der Waals surface area contributed by atoms with E-state index in [0.29, 0.717) is 25.9 Å². The third-order valence-electron chi connectivity index (χ3n) is 6.28. The highest BCUT2D eigenvalue weighted by Crippen LogP contribution is 2.22. The van der Waals surface area contributed by atoms with Crippen LogP contribution in [-0.4, -0.2) is 60.2 Å². The van der Waals surface area contributed by atoms with Crippen molar-refractivity contribution in [1.82, 2.24) is 9.80 Å². The molecule has 1 fully saturated rings. The van der Waals surface area contributed by atoms with Gasteiger partial charge in [-0.2, -0.15) is 0 Å². The van der Waals surface area contributed by atoms with Gasteiger partial charge in [0.15, 0.2) is 0 Å². The number of nitrogens with one attached hydrogen (secondary N) is 2. The van der Waals surface area contributed by atoms with Crippen LogP contribution in [0.15, 0.2) is 54.6 Å². The van der Waals surface area contributed by atoms with E-state index in [1.807, 2.05) is 68.4 Å². The van der Waals surface area contributed by atoms with Crippen LogP contribution in [0.4, 0.5) is 11.4 Å². The summed E-state index contributed by atoms with van der Waals surface area (Å²) in [7, 11) is 1.66. The number of para-hydroxylation sites is 2. The fourth-order valence-corrected chi connectivity index (χ4v) is 4.22. The van der Waals surface area contributed by atoms with E-state index in [1.165, 1.54) is 4.90 Å². The van der Waals surface area contributed by atoms with Crippen LogP contribution in [0.25, 0.3) is 0 Å². The van der Waals surface area contributed by atoms with Crippen LogP contribution in [-0.2, 0) is 20.8 Å². The van der Waals surface area contributed by atoms with Crippen LogP contribution in [0.2, 0.25) is 0 Å². The summed E-state index contributed by atoms with van der Waals surface area (Å²) in [5, 5.41) is 5.88. The predicted octanol–water partition coefficient (Wildman–Crippen LogP) is 3.39. The summed E-state index contributed by atoms with van der Waals surface area (Å²) >= 11 is 0. The van der Waals surface area contributed by atoms with Gasteiger partial charge in [-0.1, -0.05) is 43.3 Å². The molecule has 1 saturated heterocycles. The summed E-state index contributed by atoms with van der Waals surface area (Å²) in [5.74, 6) is -0.344. The molecule has 2 aromatic rings. The normalized spacial score (nSPS) is 15.5. The highest BCUT2D eigenvalue weighted by atomic mass is 16.2. The van der Waals surface area contributed by atoms with Crippen molar-refractivity contribution in [2.75, 3.05) is 37.3 Å². The molecule has 0 aromatic heterocycles. The van der Waals surface area contributed by atoms with Crippen molar-refractivity contribution in [3.05, 3.63) is 60.2 Å². The molecule has 1 unspecified atom stereocenters. The fourth-order valence-electron chi connectivity index (χ4n) is 4.22. The summed E-state index contributed by atoms with van der Waals surface area (Å²) < 4.78 is 0. The Bertz CT molecular complexity index is 955. The van der Waals surface area contributed by atoms with Gasteiger partial charge < -0.3 is 15.5 Å². The lowest BCUT2D eigenvalue weighted by Gasteiger charge is -2.36. The minimum atomic E-state index is -0.344. The Balaban J connectivity index is 1.46. The first-order valence-corrected chi connectivity index (χ1v) is 11.6. The monoisotopic (exact) mass is 450 g/mol. The molecule has 176 valence electrons. The van der Waals surface area contributed by atoms with Crippen molar-refractivity contribution in [2.45, 2.75) is 39.2 Å². The summed E-state index contributed by atoms with van der Waals surface area (Å²) in [4.78, 5) is 41.6. The van der Waals surface area contributed by atoms with Crippen molar-refractivity contribution >= 4 is 29.1 Å². The van der Waals surface area contributed by atoms with Crippen molar-refractivity contribution in [3.8, 4) is 0 Å². The molecule has 7 nitrogen and oxygen atoms in total. The number of hydrogen-bond donors (Lipinski definition) is 2. The molecular formula is C26H34N4O3. The number of carbonyl (C=O) groups is 3. The number of anilines is 2. The maximum Gasteiger partial charge on any atom is 0.243 e. The molecule has 1 atom stereocenters. The van der Waals surface area contributed by atoms with E-state index in [0.717, 1.165) is 23.4 Å². The van der Waals surface area contributed by atoms with Gasteiger partial charge in [0.25, 0.3) is 0 Å². The average Bonchev–Trinajstić information content (AvgIpc) is 2.84. The Morgan fingerprint density at radius 3 is 2.30 bits per heavy atom. The fraction of sp³-hybridized carbons (Fsp3) is 0.423. The second-order valence-electron chi connectivity index (χ2n) is 8.59. The minimum absolute atomic E-state index is 0.00281. The Labute approximate surface area is 196 Å². The molecule has 2 aromatic carbocycles. The maximum atomic E-state index is 12.9. The van der Waals surface area contributed by atoms with Gasteiger partial charge in [0.2, 0.25) is 17.7 Å². The van der Waals surface area contributed by atoms with Crippen molar-refractivity contribution < 1.29 is 14.4 Å². The molecule has 0 bridgehead atoms. The lowest BCUT2D eigenvalue weighted by molar-refractivity contribution is -0.138. The summed E-state index contributed by atoms with van der Waals surface area (Å²) in [6.45, 7) is 5.24. The topological polar surface area (TPSA) is 81.8 Å². The second kappa shape index (κ2) is 11.6. The molecule has 2 N–H and O–H groups in total. The number of piperidine rings is 1. The van der Waals surface area contributed by atoms with Crippen molar-refractivity contribution in [2.24, 2.45) is 5.92 Å². The van der Waals surface area contributed by atoms with E-state index >= 15 is 0 Å². The summed E-state index contributed by atoms with van der Waals surface area (Å²) in [6, 6.07) is 16.8. The van der Waals surface area contributed by atoms with Gasteiger partial charge in [0.05, 0.1) is 12.6 Å². The molecule has 0 saturated carbocycles. The molecule has 0 spiro atoms. The predicted molar refractivity (Wildman–Crippen MR) is 131 cm³/mol. The number of benzene rings is 2. The number of amides is 3. The minimum Gasteiger partial charge on any atom is -0.335 e. The zero-order valence-corrected chi connectivity index (χ0v) is 19.7. The number of carbonyl (C=O) groups excluding carboxylic acids is 3. The molecular weight excluding hydrogens is 416 g/mol. The van der Waals surface area contributed by atoms with Gasteiger partial charge in [0.1, 0.15) is 0 Å². The van der Waals surface area contributed by atoms with Crippen molar-refractivity contribution in [1.29, 1.82) is 0 Å². The van der Waals surface area contributed by atoms with E-state index in [-0.39, 0.29) is 36.2 Å². The number of hydrogen-bond acceptors (Lipinski definition) is 4. The molecule has 1 aliphatic rings. The Morgan fingerprint density at radius 2 is 1.64 bits per heavy atom. The molecule has 1 heterocycles. The molecule has 3 rings (SSSR count). The number of likely N-dealkylation sites (tertiary alicyclic amines) is 1. The molecule has 7 heteroatoms. The standard InChI is InChI=1S/C26H34N4O3/c1-4-20-10-8-9-13-23(20)28-24(31)18-29(3)26(33)19(2)30-16-14-21(15-17-30)25(32)27-22-11-6-5-7-12-22/h5-13,19,21H,4,14-18H2,1-3H3,(H,27,32)(H,28,31). The van der Waals surface area contributed by atoms with Gasteiger partial charge in [-0.15, -0.1) is 0 Å². The Morgan fingerprint density at radius 1 is 1.00 bits per heavy atom. The van der Waals surface area contributed by atoms with Crippen LogP contribution in [0.3, 0.4) is 0 Å². The molecule has 0 radical (unpaired) electrons. The first-order valence-electron chi connectivity index (χ1n) is 11.6. The summed E-state index contributed by atoms with van der Waals surface area (Å²) in [6.07, 6.45) is 2.23. The highest BCUT2D eigenvalue weighted by Gasteiger charge is 2.31. The first kappa shape index (κ1) is 24.5. The van der Waals surface area contributed by atoms with E-state index < -0.39 is 0 Å². The van der Waals surface area contributed by atoms with Crippen LogP contribution in [0, 0.1) is 5.92 Å². The smallest absolute Gasteiger partial charge is 0.243 e. The third-order valence-corrected chi connectivity index (χ3v) is 6.28. The van der Waals surface area contributed by atoms with E-state index in [2.05, 4.69) is 15.5 Å². The zero-order valence-electron chi connectivity index (χ0n) is 19.7. The third kappa shape index (κ3) is 6.65. The van der Waals surface area contributed by atoms with E-state index in [1.54, 1.807) is 7.05 Å². The van der Waals surface area contributed by atoms with Crippen LogP contribution in [0.5, 0.6) is 0 Å². The lowest BCUT2D eigenvalue weighted by Crippen LogP contribution is -2.50.